The molecule has 2 nitrogen and oxygen atoms in total. The molecule has 0 heterocycles. The second kappa shape index (κ2) is 5.49. The molecule has 0 bridgehead atoms. The maximum Gasteiger partial charge on any atom is 0.123 e. The molecule has 2 N–H and O–H groups in total. The fraction of sp³-hybridized carbons (Fsp3) is 0.562. The van der Waals surface area contributed by atoms with E-state index in [1.807, 2.05) is 0 Å². The SMILES string of the molecule is Cc1ccc(C(C)C)c(OCC2(CC(N)=S)CC2)c1. The van der Waals surface area contributed by atoms with Crippen molar-refractivity contribution in [2.45, 2.75) is 46.0 Å². The Balaban J connectivity index is 2.07. The van der Waals surface area contributed by atoms with Gasteiger partial charge in [-0.15, -0.1) is 0 Å². The van der Waals surface area contributed by atoms with E-state index in [0.717, 1.165) is 18.8 Å². The third-order valence-electron chi connectivity index (χ3n) is 3.83. The van der Waals surface area contributed by atoms with Gasteiger partial charge < -0.3 is 10.5 Å². The number of nitrogens with two attached hydrogens (primary N) is 1. The van der Waals surface area contributed by atoms with Crippen LogP contribution in [-0.4, -0.2) is 11.6 Å². The Morgan fingerprint density at radius 3 is 2.63 bits per heavy atom. The average molecular weight is 277 g/mol. The lowest BCUT2D eigenvalue weighted by Gasteiger charge is -2.19. The quantitative estimate of drug-likeness (QED) is 0.800. The van der Waals surface area contributed by atoms with E-state index in [0.29, 0.717) is 10.9 Å². The molecule has 1 saturated carbocycles. The molecule has 0 saturated heterocycles. The lowest BCUT2D eigenvalue weighted by atomic mass is 10.00. The monoisotopic (exact) mass is 277 g/mol. The number of ether oxygens (including phenoxy) is 1. The van der Waals surface area contributed by atoms with E-state index in [9.17, 15) is 0 Å². The zero-order valence-corrected chi connectivity index (χ0v) is 12.8. The Kier molecular flexibility index (Phi) is 4.14. The van der Waals surface area contributed by atoms with Gasteiger partial charge in [0.05, 0.1) is 11.6 Å². The van der Waals surface area contributed by atoms with Gasteiger partial charge in [-0.05, 0) is 42.9 Å². The summed E-state index contributed by atoms with van der Waals surface area (Å²) < 4.78 is 6.09. The van der Waals surface area contributed by atoms with Gasteiger partial charge in [-0.25, -0.2) is 0 Å². The van der Waals surface area contributed by atoms with Crippen LogP contribution < -0.4 is 10.5 Å². The van der Waals surface area contributed by atoms with Crippen LogP contribution >= 0.6 is 12.2 Å². The molecule has 0 amide bonds. The van der Waals surface area contributed by atoms with E-state index in [1.54, 1.807) is 0 Å². The summed E-state index contributed by atoms with van der Waals surface area (Å²) in [4.78, 5) is 0.606. The summed E-state index contributed by atoms with van der Waals surface area (Å²) in [6.07, 6.45) is 3.16. The molecule has 1 aromatic carbocycles. The van der Waals surface area contributed by atoms with Crippen LogP contribution in [0.2, 0.25) is 0 Å². The zero-order valence-electron chi connectivity index (χ0n) is 12.0. The minimum Gasteiger partial charge on any atom is -0.493 e. The normalized spacial score (nSPS) is 16.4. The first-order valence-electron chi connectivity index (χ1n) is 6.93. The molecule has 0 aromatic heterocycles. The molecule has 1 aliphatic rings. The standard InChI is InChI=1S/C16H23NOS/c1-11(2)13-5-4-12(3)8-14(13)18-10-16(6-7-16)9-15(17)19/h4-5,8,11H,6-7,9-10H2,1-3H3,(H2,17,19). The van der Waals surface area contributed by atoms with Crippen LogP contribution in [0.1, 0.15) is 50.2 Å². The van der Waals surface area contributed by atoms with E-state index < -0.39 is 0 Å². The number of thiocarbonyl (C=S) groups is 1. The highest BCUT2D eigenvalue weighted by atomic mass is 32.1. The molecule has 1 aromatic rings. The van der Waals surface area contributed by atoms with E-state index in [2.05, 4.69) is 39.0 Å². The first-order valence-corrected chi connectivity index (χ1v) is 7.34. The highest BCUT2D eigenvalue weighted by Gasteiger charge is 2.44. The molecule has 0 aliphatic heterocycles. The van der Waals surface area contributed by atoms with Crippen molar-refractivity contribution in [1.82, 2.24) is 0 Å². The van der Waals surface area contributed by atoms with Crippen molar-refractivity contribution in [3.05, 3.63) is 29.3 Å². The summed E-state index contributed by atoms with van der Waals surface area (Å²) >= 11 is 5.02. The summed E-state index contributed by atoms with van der Waals surface area (Å²) in [5.41, 5.74) is 8.39. The summed E-state index contributed by atoms with van der Waals surface area (Å²) in [5.74, 6) is 1.49. The van der Waals surface area contributed by atoms with Crippen molar-refractivity contribution in [3.63, 3.8) is 0 Å². The Hall–Kier alpha value is -1.09. The van der Waals surface area contributed by atoms with Crippen LogP contribution in [0, 0.1) is 12.3 Å². The van der Waals surface area contributed by atoms with Gasteiger partial charge in [0.2, 0.25) is 0 Å². The van der Waals surface area contributed by atoms with E-state index in [-0.39, 0.29) is 5.41 Å². The third-order valence-corrected chi connectivity index (χ3v) is 3.98. The van der Waals surface area contributed by atoms with Gasteiger partial charge in [0.25, 0.3) is 0 Å². The van der Waals surface area contributed by atoms with Crippen molar-refractivity contribution in [3.8, 4) is 5.75 Å². The molecule has 2 rings (SSSR count). The molecule has 0 spiro atoms. The molecule has 3 heteroatoms. The van der Waals surface area contributed by atoms with Crippen molar-refractivity contribution < 1.29 is 4.74 Å². The van der Waals surface area contributed by atoms with Gasteiger partial charge in [0, 0.05) is 11.8 Å². The van der Waals surface area contributed by atoms with Crippen LogP contribution in [0.25, 0.3) is 0 Å². The van der Waals surface area contributed by atoms with Crippen molar-refractivity contribution in [1.29, 1.82) is 0 Å². The van der Waals surface area contributed by atoms with Crippen LogP contribution in [-0.2, 0) is 0 Å². The maximum absolute atomic E-state index is 6.09. The average Bonchev–Trinajstić information content (AvgIpc) is 3.05. The van der Waals surface area contributed by atoms with Crippen molar-refractivity contribution in [2.75, 3.05) is 6.61 Å². The van der Waals surface area contributed by atoms with E-state index in [4.69, 9.17) is 22.7 Å². The number of hydrogen-bond acceptors (Lipinski definition) is 2. The Morgan fingerprint density at radius 1 is 1.42 bits per heavy atom. The number of hydrogen-bond donors (Lipinski definition) is 1. The minimum absolute atomic E-state index is 0.212. The minimum atomic E-state index is 0.212. The Bertz CT molecular complexity index is 478. The molecule has 1 fully saturated rings. The predicted molar refractivity (Wildman–Crippen MR) is 83.8 cm³/mol. The van der Waals surface area contributed by atoms with Gasteiger partial charge in [0.15, 0.2) is 0 Å². The molecule has 0 unspecified atom stereocenters. The molecule has 0 atom stereocenters. The highest BCUT2D eigenvalue weighted by Crippen LogP contribution is 2.49. The topological polar surface area (TPSA) is 35.2 Å². The van der Waals surface area contributed by atoms with Gasteiger partial charge in [-0.1, -0.05) is 38.2 Å². The van der Waals surface area contributed by atoms with Gasteiger partial charge in [0.1, 0.15) is 5.75 Å². The van der Waals surface area contributed by atoms with Gasteiger partial charge >= 0.3 is 0 Å². The Labute approximate surface area is 121 Å². The summed E-state index contributed by atoms with van der Waals surface area (Å²) in [7, 11) is 0. The molecular weight excluding hydrogens is 254 g/mol. The van der Waals surface area contributed by atoms with Gasteiger partial charge in [-0.2, -0.15) is 0 Å². The van der Waals surface area contributed by atoms with Gasteiger partial charge in [-0.3, -0.25) is 0 Å². The fourth-order valence-electron chi connectivity index (χ4n) is 2.39. The number of rotatable bonds is 6. The summed E-state index contributed by atoms with van der Waals surface area (Å²) in [6, 6.07) is 6.44. The lowest BCUT2D eigenvalue weighted by Crippen LogP contribution is -2.21. The molecular formula is C16H23NOS. The highest BCUT2D eigenvalue weighted by molar-refractivity contribution is 7.80. The van der Waals surface area contributed by atoms with Crippen molar-refractivity contribution >= 4 is 17.2 Å². The summed E-state index contributed by atoms with van der Waals surface area (Å²) in [6.45, 7) is 7.21. The maximum atomic E-state index is 6.09. The predicted octanol–water partition coefficient (Wildman–Crippen LogP) is 3.95. The first-order chi connectivity index (χ1) is 8.92. The smallest absolute Gasteiger partial charge is 0.123 e. The summed E-state index contributed by atoms with van der Waals surface area (Å²) in [5, 5.41) is 0. The largest absolute Gasteiger partial charge is 0.493 e. The van der Waals surface area contributed by atoms with Crippen LogP contribution in [0.5, 0.6) is 5.75 Å². The zero-order chi connectivity index (χ0) is 14.0. The van der Waals surface area contributed by atoms with E-state index in [1.165, 1.54) is 24.0 Å². The second-order valence-corrected chi connectivity index (χ2v) is 6.65. The van der Waals surface area contributed by atoms with Crippen LogP contribution in [0.4, 0.5) is 0 Å². The van der Waals surface area contributed by atoms with Crippen molar-refractivity contribution in [2.24, 2.45) is 11.1 Å². The second-order valence-electron chi connectivity index (χ2n) is 6.13. The fourth-order valence-corrected chi connectivity index (χ4v) is 2.70. The lowest BCUT2D eigenvalue weighted by molar-refractivity contribution is 0.236. The molecule has 0 radical (unpaired) electrons. The third kappa shape index (κ3) is 3.69. The number of aryl methyl sites for hydroxylation is 1. The molecule has 19 heavy (non-hydrogen) atoms. The van der Waals surface area contributed by atoms with E-state index >= 15 is 0 Å². The molecule has 1 aliphatic carbocycles. The molecule has 104 valence electrons. The number of benzene rings is 1. The van der Waals surface area contributed by atoms with Crippen LogP contribution in [0.15, 0.2) is 18.2 Å². The van der Waals surface area contributed by atoms with Crippen LogP contribution in [0.3, 0.4) is 0 Å². The Morgan fingerprint density at radius 2 is 2.11 bits per heavy atom. The first kappa shape index (κ1) is 14.3.